The fourth-order valence-corrected chi connectivity index (χ4v) is 2.39. The van der Waals surface area contributed by atoms with Crippen molar-refractivity contribution >= 4 is 27.3 Å². The van der Waals surface area contributed by atoms with E-state index in [1.54, 1.807) is 17.5 Å². The molecule has 1 N–H and O–H groups in total. The van der Waals surface area contributed by atoms with E-state index in [9.17, 15) is 0 Å². The molecule has 0 radical (unpaired) electrons. The molecule has 0 bridgehead atoms. The van der Waals surface area contributed by atoms with E-state index in [4.69, 9.17) is 5.11 Å². The van der Waals surface area contributed by atoms with Crippen LogP contribution in [0.5, 0.6) is 0 Å². The van der Waals surface area contributed by atoms with Gasteiger partial charge in [0.25, 0.3) is 0 Å². The maximum Gasteiger partial charge on any atom is 0.124 e. The molecule has 2 aromatic rings. The van der Waals surface area contributed by atoms with Crippen molar-refractivity contribution in [2.75, 3.05) is 0 Å². The Kier molecular flexibility index (Phi) is 2.96. The summed E-state index contributed by atoms with van der Waals surface area (Å²) in [6.45, 7) is 0.0698. The van der Waals surface area contributed by atoms with Crippen LogP contribution in [0.1, 0.15) is 5.56 Å². The first-order valence-corrected chi connectivity index (χ1v) is 5.72. The highest BCUT2D eigenvalue weighted by atomic mass is 79.9. The van der Waals surface area contributed by atoms with Crippen LogP contribution in [0, 0.1) is 0 Å². The number of benzene rings is 1. The fraction of sp³-hybridized carbons (Fsp3) is 0.100. The molecule has 1 aromatic carbocycles. The van der Waals surface area contributed by atoms with Gasteiger partial charge in [0, 0.05) is 5.56 Å². The summed E-state index contributed by atoms with van der Waals surface area (Å²) in [5.74, 6) is 0. The molecule has 72 valence electrons. The summed E-state index contributed by atoms with van der Waals surface area (Å²) in [5.41, 5.74) is 1.96. The molecule has 1 heterocycles. The van der Waals surface area contributed by atoms with Gasteiger partial charge in [-0.1, -0.05) is 18.2 Å². The van der Waals surface area contributed by atoms with Crippen LogP contribution in [0.15, 0.2) is 34.2 Å². The molecule has 2 nitrogen and oxygen atoms in total. The number of rotatable bonds is 2. The Bertz CT molecular complexity index is 441. The number of aliphatic hydroxyl groups excluding tert-OH is 1. The van der Waals surface area contributed by atoms with Crippen molar-refractivity contribution in [3.05, 3.63) is 39.8 Å². The molecule has 0 saturated carbocycles. The zero-order valence-electron chi connectivity index (χ0n) is 7.27. The Hall–Kier alpha value is -0.710. The number of nitrogens with zero attached hydrogens (tertiary/aromatic N) is 1. The largest absolute Gasteiger partial charge is 0.392 e. The van der Waals surface area contributed by atoms with E-state index in [2.05, 4.69) is 20.9 Å². The first-order valence-electron chi connectivity index (χ1n) is 4.11. The highest BCUT2D eigenvalue weighted by molar-refractivity contribution is 9.11. The molecule has 14 heavy (non-hydrogen) atoms. The monoisotopic (exact) mass is 269 g/mol. The Morgan fingerprint density at radius 3 is 2.93 bits per heavy atom. The van der Waals surface area contributed by atoms with Crippen LogP contribution < -0.4 is 0 Å². The average molecular weight is 270 g/mol. The van der Waals surface area contributed by atoms with Crippen molar-refractivity contribution in [1.82, 2.24) is 4.98 Å². The number of aromatic nitrogens is 1. The van der Waals surface area contributed by atoms with E-state index in [0.29, 0.717) is 0 Å². The molecule has 4 heteroatoms. The molecule has 0 amide bonds. The predicted octanol–water partition coefficient (Wildman–Crippen LogP) is 3.06. The second kappa shape index (κ2) is 4.21. The van der Waals surface area contributed by atoms with Crippen molar-refractivity contribution in [2.24, 2.45) is 0 Å². The SMILES string of the molecule is OCc1cccc(-c2ncc(Br)s2)c1. The third kappa shape index (κ3) is 2.03. The van der Waals surface area contributed by atoms with Crippen LogP contribution in [0.2, 0.25) is 0 Å². The van der Waals surface area contributed by atoms with Crippen molar-refractivity contribution in [1.29, 1.82) is 0 Å². The summed E-state index contributed by atoms with van der Waals surface area (Å²) in [7, 11) is 0. The average Bonchev–Trinajstić information content (AvgIpc) is 2.65. The zero-order chi connectivity index (χ0) is 9.97. The van der Waals surface area contributed by atoms with Crippen LogP contribution in [0.4, 0.5) is 0 Å². The Balaban J connectivity index is 2.41. The van der Waals surface area contributed by atoms with Gasteiger partial charge in [0.1, 0.15) is 5.01 Å². The molecule has 0 saturated heterocycles. The van der Waals surface area contributed by atoms with Crippen LogP contribution in [0.3, 0.4) is 0 Å². The van der Waals surface area contributed by atoms with Gasteiger partial charge in [0.15, 0.2) is 0 Å². The van der Waals surface area contributed by atoms with Gasteiger partial charge in [0.05, 0.1) is 16.6 Å². The second-order valence-electron chi connectivity index (χ2n) is 2.83. The van der Waals surface area contributed by atoms with Crippen molar-refractivity contribution in [2.45, 2.75) is 6.61 Å². The summed E-state index contributed by atoms with van der Waals surface area (Å²) >= 11 is 4.96. The molecule has 0 atom stereocenters. The molecule has 0 fully saturated rings. The minimum atomic E-state index is 0.0698. The Morgan fingerprint density at radius 2 is 2.29 bits per heavy atom. The normalized spacial score (nSPS) is 10.4. The molecule has 0 aliphatic carbocycles. The molecular weight excluding hydrogens is 262 g/mol. The van der Waals surface area contributed by atoms with E-state index in [-0.39, 0.29) is 6.61 Å². The van der Waals surface area contributed by atoms with Crippen LogP contribution in [-0.2, 0) is 6.61 Å². The first-order chi connectivity index (χ1) is 6.79. The third-order valence-corrected chi connectivity index (χ3v) is 3.36. The van der Waals surface area contributed by atoms with Gasteiger partial charge in [0.2, 0.25) is 0 Å². The van der Waals surface area contributed by atoms with Gasteiger partial charge in [-0.25, -0.2) is 4.98 Å². The van der Waals surface area contributed by atoms with Crippen molar-refractivity contribution in [3.8, 4) is 10.6 Å². The molecule has 0 aliphatic rings. The van der Waals surface area contributed by atoms with Crippen LogP contribution in [0.25, 0.3) is 10.6 Å². The Morgan fingerprint density at radius 1 is 1.43 bits per heavy atom. The summed E-state index contributed by atoms with van der Waals surface area (Å²) in [4.78, 5) is 4.25. The van der Waals surface area contributed by atoms with Gasteiger partial charge in [-0.3, -0.25) is 0 Å². The van der Waals surface area contributed by atoms with E-state index in [1.165, 1.54) is 0 Å². The topological polar surface area (TPSA) is 33.1 Å². The van der Waals surface area contributed by atoms with Crippen molar-refractivity contribution < 1.29 is 5.11 Å². The van der Waals surface area contributed by atoms with E-state index >= 15 is 0 Å². The lowest BCUT2D eigenvalue weighted by Crippen LogP contribution is -1.83. The lowest BCUT2D eigenvalue weighted by molar-refractivity contribution is 0.282. The maximum atomic E-state index is 8.99. The maximum absolute atomic E-state index is 8.99. The number of hydrogen-bond acceptors (Lipinski definition) is 3. The van der Waals surface area contributed by atoms with Gasteiger partial charge >= 0.3 is 0 Å². The number of aliphatic hydroxyl groups is 1. The number of hydrogen-bond donors (Lipinski definition) is 1. The van der Waals surface area contributed by atoms with Crippen molar-refractivity contribution in [3.63, 3.8) is 0 Å². The Labute approximate surface area is 94.4 Å². The summed E-state index contributed by atoms with van der Waals surface area (Å²) in [6.07, 6.45) is 1.78. The lowest BCUT2D eigenvalue weighted by atomic mass is 10.1. The minimum absolute atomic E-state index is 0.0698. The highest BCUT2D eigenvalue weighted by Crippen LogP contribution is 2.28. The van der Waals surface area contributed by atoms with E-state index in [0.717, 1.165) is 19.9 Å². The fourth-order valence-electron chi connectivity index (χ4n) is 1.19. The first kappa shape index (κ1) is 9.83. The summed E-state index contributed by atoms with van der Waals surface area (Å²) in [6, 6.07) is 7.76. The quantitative estimate of drug-likeness (QED) is 0.909. The van der Waals surface area contributed by atoms with Crippen LogP contribution in [-0.4, -0.2) is 10.1 Å². The molecule has 1 aromatic heterocycles. The molecular formula is C10H8BrNOS. The predicted molar refractivity (Wildman–Crippen MR) is 61.2 cm³/mol. The summed E-state index contributed by atoms with van der Waals surface area (Å²) in [5, 5.41) is 9.95. The smallest absolute Gasteiger partial charge is 0.124 e. The number of thiazole rings is 1. The standard InChI is InChI=1S/C10H8BrNOS/c11-9-5-12-10(14-9)8-3-1-2-7(4-8)6-13/h1-5,13H,6H2. The van der Waals surface area contributed by atoms with Gasteiger partial charge in [-0.2, -0.15) is 0 Å². The second-order valence-corrected chi connectivity index (χ2v) is 5.24. The molecule has 0 spiro atoms. The van der Waals surface area contributed by atoms with Gasteiger partial charge in [-0.15, -0.1) is 11.3 Å². The zero-order valence-corrected chi connectivity index (χ0v) is 9.68. The van der Waals surface area contributed by atoms with Gasteiger partial charge in [-0.05, 0) is 27.6 Å². The lowest BCUT2D eigenvalue weighted by Gasteiger charge is -1.98. The third-order valence-electron chi connectivity index (χ3n) is 1.83. The summed E-state index contributed by atoms with van der Waals surface area (Å²) < 4.78 is 1.02. The number of halogens is 1. The van der Waals surface area contributed by atoms with E-state index < -0.39 is 0 Å². The minimum Gasteiger partial charge on any atom is -0.392 e. The molecule has 0 unspecified atom stereocenters. The van der Waals surface area contributed by atoms with Crippen LogP contribution >= 0.6 is 27.3 Å². The highest BCUT2D eigenvalue weighted by Gasteiger charge is 2.03. The molecule has 0 aliphatic heterocycles. The van der Waals surface area contributed by atoms with Gasteiger partial charge < -0.3 is 5.11 Å². The molecule has 2 rings (SSSR count). The van der Waals surface area contributed by atoms with E-state index in [1.807, 2.05) is 24.3 Å².